The molecule has 0 saturated heterocycles. The zero-order valence-electron chi connectivity index (χ0n) is 13.6. The van der Waals surface area contributed by atoms with Crippen LogP contribution in [-0.4, -0.2) is 20.4 Å². The number of carbonyl (C=O) groups excluding carboxylic acids is 1. The lowest BCUT2D eigenvalue weighted by atomic mass is 10.1. The molecule has 2 aromatic rings. The summed E-state index contributed by atoms with van der Waals surface area (Å²) in [5, 5.41) is 13.6. The van der Waals surface area contributed by atoms with Crippen LogP contribution in [0.2, 0.25) is 0 Å². The van der Waals surface area contributed by atoms with E-state index in [1.807, 2.05) is 13.8 Å². The Balaban J connectivity index is 2.21. The zero-order valence-corrected chi connectivity index (χ0v) is 13.6. The fraction of sp³-hybridized carbons (Fsp3) is 0.312. The van der Waals surface area contributed by atoms with Crippen LogP contribution in [-0.2, 0) is 11.3 Å². The van der Waals surface area contributed by atoms with Crippen LogP contribution in [0.15, 0.2) is 35.4 Å². The summed E-state index contributed by atoms with van der Waals surface area (Å²) in [6.45, 7) is 5.22. The number of nitrogens with one attached hydrogen (secondary N) is 1. The fourth-order valence-corrected chi connectivity index (χ4v) is 2.18. The van der Waals surface area contributed by atoms with Gasteiger partial charge in [-0.1, -0.05) is 26.0 Å². The number of nitro groups is 1. The second-order valence-electron chi connectivity index (χ2n) is 5.71. The highest BCUT2D eigenvalue weighted by molar-refractivity contribution is 5.93. The minimum absolute atomic E-state index is 0.107. The van der Waals surface area contributed by atoms with Crippen molar-refractivity contribution in [1.82, 2.24) is 9.55 Å². The molecule has 8 heteroatoms. The largest absolute Gasteiger partial charge is 0.319 e. The van der Waals surface area contributed by atoms with E-state index in [0.29, 0.717) is 11.3 Å². The highest BCUT2D eigenvalue weighted by Gasteiger charge is 2.18. The van der Waals surface area contributed by atoms with E-state index in [1.54, 1.807) is 19.1 Å². The van der Waals surface area contributed by atoms with Gasteiger partial charge in [-0.3, -0.25) is 24.3 Å². The molecule has 1 heterocycles. The van der Waals surface area contributed by atoms with E-state index >= 15 is 0 Å². The number of carbonyl (C=O) groups is 1. The van der Waals surface area contributed by atoms with Crippen LogP contribution in [0.4, 0.5) is 11.4 Å². The van der Waals surface area contributed by atoms with Crippen molar-refractivity contribution in [2.24, 2.45) is 0 Å². The lowest BCUT2D eigenvalue weighted by Crippen LogP contribution is -2.28. The van der Waals surface area contributed by atoms with Crippen molar-refractivity contribution in [2.45, 2.75) is 33.2 Å². The first-order chi connectivity index (χ1) is 11.3. The van der Waals surface area contributed by atoms with E-state index in [1.165, 1.54) is 18.5 Å². The SMILES string of the molecule is Cc1cccc([N+](=O)[O-])c1NC(=O)Cn1cnc(C(C)C)cc1=O. The first kappa shape index (κ1) is 17.3. The molecule has 24 heavy (non-hydrogen) atoms. The predicted molar refractivity (Wildman–Crippen MR) is 89.0 cm³/mol. The summed E-state index contributed by atoms with van der Waals surface area (Å²) in [5.41, 5.74) is 0.809. The van der Waals surface area contributed by atoms with Crippen LogP contribution in [0.5, 0.6) is 0 Å². The molecular formula is C16H18N4O4. The first-order valence-electron chi connectivity index (χ1n) is 7.40. The maximum Gasteiger partial charge on any atom is 0.293 e. The molecule has 2 rings (SSSR count). The Morgan fingerprint density at radius 3 is 2.71 bits per heavy atom. The van der Waals surface area contributed by atoms with Crippen LogP contribution in [0, 0.1) is 17.0 Å². The summed E-state index contributed by atoms with van der Waals surface area (Å²) in [6, 6.07) is 5.90. The van der Waals surface area contributed by atoms with Crippen molar-refractivity contribution in [2.75, 3.05) is 5.32 Å². The maximum atomic E-state index is 12.2. The Morgan fingerprint density at radius 2 is 2.12 bits per heavy atom. The Morgan fingerprint density at radius 1 is 1.42 bits per heavy atom. The highest BCUT2D eigenvalue weighted by atomic mass is 16.6. The molecule has 1 aromatic heterocycles. The Hall–Kier alpha value is -3.03. The zero-order chi connectivity index (χ0) is 17.9. The summed E-state index contributed by atoms with van der Waals surface area (Å²) in [7, 11) is 0. The number of amides is 1. The average Bonchev–Trinajstić information content (AvgIpc) is 2.50. The predicted octanol–water partition coefficient (Wildman–Crippen LogP) is 2.22. The van der Waals surface area contributed by atoms with E-state index < -0.39 is 10.8 Å². The van der Waals surface area contributed by atoms with Crippen molar-refractivity contribution in [1.29, 1.82) is 0 Å². The van der Waals surface area contributed by atoms with Crippen molar-refractivity contribution in [3.63, 3.8) is 0 Å². The second-order valence-corrected chi connectivity index (χ2v) is 5.71. The van der Waals surface area contributed by atoms with Gasteiger partial charge < -0.3 is 5.32 Å². The lowest BCUT2D eigenvalue weighted by molar-refractivity contribution is -0.384. The molecule has 1 amide bonds. The van der Waals surface area contributed by atoms with Crippen LogP contribution >= 0.6 is 0 Å². The second kappa shape index (κ2) is 7.03. The van der Waals surface area contributed by atoms with E-state index in [4.69, 9.17) is 0 Å². The smallest absolute Gasteiger partial charge is 0.293 e. The van der Waals surface area contributed by atoms with Gasteiger partial charge in [0.2, 0.25) is 5.91 Å². The molecule has 0 spiro atoms. The third-order valence-electron chi connectivity index (χ3n) is 3.52. The third-order valence-corrected chi connectivity index (χ3v) is 3.52. The van der Waals surface area contributed by atoms with Crippen molar-refractivity contribution in [3.8, 4) is 0 Å². The molecule has 0 radical (unpaired) electrons. The number of benzene rings is 1. The molecule has 1 aromatic carbocycles. The van der Waals surface area contributed by atoms with Gasteiger partial charge in [0, 0.05) is 12.1 Å². The summed E-state index contributed by atoms with van der Waals surface area (Å²) in [6.07, 6.45) is 1.31. The number of anilines is 1. The van der Waals surface area contributed by atoms with Gasteiger partial charge in [-0.25, -0.2) is 4.98 Å². The number of aryl methyl sites for hydroxylation is 1. The van der Waals surface area contributed by atoms with E-state index in [-0.39, 0.29) is 29.4 Å². The van der Waals surface area contributed by atoms with Gasteiger partial charge >= 0.3 is 0 Å². The topological polar surface area (TPSA) is 107 Å². The molecule has 0 unspecified atom stereocenters. The van der Waals surface area contributed by atoms with Gasteiger partial charge in [-0.15, -0.1) is 0 Å². The number of aromatic nitrogens is 2. The molecule has 126 valence electrons. The van der Waals surface area contributed by atoms with Crippen LogP contribution in [0.1, 0.15) is 31.0 Å². The van der Waals surface area contributed by atoms with Gasteiger partial charge in [0.05, 0.1) is 16.9 Å². The summed E-state index contributed by atoms with van der Waals surface area (Å²) < 4.78 is 1.16. The maximum absolute atomic E-state index is 12.2. The molecular weight excluding hydrogens is 312 g/mol. The number of rotatable bonds is 5. The van der Waals surface area contributed by atoms with Gasteiger partial charge in [-0.05, 0) is 18.4 Å². The van der Waals surface area contributed by atoms with Crippen LogP contribution in [0.3, 0.4) is 0 Å². The molecule has 0 saturated carbocycles. The van der Waals surface area contributed by atoms with E-state index in [9.17, 15) is 19.7 Å². The summed E-state index contributed by atoms with van der Waals surface area (Å²) in [4.78, 5) is 38.8. The molecule has 0 atom stereocenters. The van der Waals surface area contributed by atoms with Crippen molar-refractivity contribution < 1.29 is 9.72 Å². The Labute approximate surface area is 138 Å². The number of para-hydroxylation sites is 1. The minimum Gasteiger partial charge on any atom is -0.319 e. The molecule has 1 N–H and O–H groups in total. The molecule has 0 bridgehead atoms. The van der Waals surface area contributed by atoms with Gasteiger partial charge in [0.1, 0.15) is 12.2 Å². The quantitative estimate of drug-likeness (QED) is 0.668. The number of nitro benzene ring substituents is 1. The first-order valence-corrected chi connectivity index (χ1v) is 7.40. The molecule has 8 nitrogen and oxygen atoms in total. The summed E-state index contributed by atoms with van der Waals surface area (Å²) in [5.74, 6) is -0.426. The molecule has 0 aliphatic heterocycles. The highest BCUT2D eigenvalue weighted by Crippen LogP contribution is 2.27. The normalized spacial score (nSPS) is 10.7. The van der Waals surface area contributed by atoms with Crippen molar-refractivity contribution >= 4 is 17.3 Å². The average molecular weight is 330 g/mol. The van der Waals surface area contributed by atoms with Gasteiger partial charge in [0.15, 0.2) is 0 Å². The van der Waals surface area contributed by atoms with Gasteiger partial charge in [-0.2, -0.15) is 0 Å². The van der Waals surface area contributed by atoms with Crippen LogP contribution in [0.25, 0.3) is 0 Å². The van der Waals surface area contributed by atoms with E-state index in [2.05, 4.69) is 10.3 Å². The van der Waals surface area contributed by atoms with Crippen molar-refractivity contribution in [3.05, 3.63) is 62.3 Å². The fourth-order valence-electron chi connectivity index (χ4n) is 2.18. The number of hydrogen-bond acceptors (Lipinski definition) is 5. The Kier molecular flexibility index (Phi) is 5.08. The Bertz CT molecular complexity index is 842. The van der Waals surface area contributed by atoms with E-state index in [0.717, 1.165) is 4.57 Å². The lowest BCUT2D eigenvalue weighted by Gasteiger charge is -2.10. The molecule has 0 fully saturated rings. The minimum atomic E-state index is -0.562. The van der Waals surface area contributed by atoms with Crippen LogP contribution < -0.4 is 10.9 Å². The third kappa shape index (κ3) is 3.83. The molecule has 0 aliphatic carbocycles. The molecule has 0 aliphatic rings. The number of nitrogens with zero attached hydrogens (tertiary/aromatic N) is 3. The monoisotopic (exact) mass is 330 g/mol. The number of hydrogen-bond donors (Lipinski definition) is 1. The standard InChI is InChI=1S/C16H18N4O4/c1-10(2)12-7-15(22)19(9-17-12)8-14(21)18-16-11(3)5-4-6-13(16)20(23)24/h4-7,9-10H,8H2,1-3H3,(H,18,21). The summed E-state index contributed by atoms with van der Waals surface area (Å²) >= 11 is 0. The van der Waals surface area contributed by atoms with Gasteiger partial charge in [0.25, 0.3) is 11.2 Å².